The zero-order valence-electron chi connectivity index (χ0n) is 10.4. The number of halogens is 1. The molecule has 0 saturated heterocycles. The molecule has 0 amide bonds. The van der Waals surface area contributed by atoms with Crippen LogP contribution in [0.5, 0.6) is 11.5 Å². The molecule has 0 aromatic heterocycles. The van der Waals surface area contributed by atoms with E-state index in [1.807, 2.05) is 74.5 Å². The number of para-hydroxylation sites is 2. The highest BCUT2D eigenvalue weighted by molar-refractivity contribution is 7.76. The third-order valence-corrected chi connectivity index (χ3v) is 2.96. The summed E-state index contributed by atoms with van der Waals surface area (Å²) in [5.74, 6) is 1.42. The Kier molecular flexibility index (Phi) is 7.24. The van der Waals surface area contributed by atoms with Gasteiger partial charge in [0, 0.05) is 0 Å². The highest BCUT2D eigenvalue weighted by atomic mass is 35.7. The second-order valence-corrected chi connectivity index (χ2v) is 4.64. The molecule has 2 nitrogen and oxygen atoms in total. The van der Waals surface area contributed by atoms with Crippen molar-refractivity contribution in [2.75, 3.05) is 0 Å². The average Bonchev–Trinajstić information content (AvgIpc) is 2.43. The van der Waals surface area contributed by atoms with Gasteiger partial charge in [0.25, 0.3) is 0 Å². The summed E-state index contributed by atoms with van der Waals surface area (Å²) in [4.78, 5) is 0. The summed E-state index contributed by atoms with van der Waals surface area (Å²) in [7, 11) is -1.46. The lowest BCUT2D eigenvalue weighted by atomic mass is 10.3. The van der Waals surface area contributed by atoms with E-state index >= 15 is 0 Å². The summed E-state index contributed by atoms with van der Waals surface area (Å²) in [5.41, 5.74) is 0. The minimum absolute atomic E-state index is 0.708. The molecule has 0 unspecified atom stereocenters. The van der Waals surface area contributed by atoms with Gasteiger partial charge in [-0.25, -0.2) is 0 Å². The van der Waals surface area contributed by atoms with E-state index in [-0.39, 0.29) is 0 Å². The second kappa shape index (κ2) is 8.79. The Morgan fingerprint density at radius 2 is 1.06 bits per heavy atom. The topological polar surface area (TPSA) is 18.5 Å². The van der Waals surface area contributed by atoms with Gasteiger partial charge in [-0.3, -0.25) is 0 Å². The van der Waals surface area contributed by atoms with Gasteiger partial charge in [-0.2, -0.15) is 0 Å². The van der Waals surface area contributed by atoms with Gasteiger partial charge in [0.2, 0.25) is 0 Å². The molecule has 96 valence electrons. The fourth-order valence-corrected chi connectivity index (χ4v) is 2.24. The van der Waals surface area contributed by atoms with Crippen LogP contribution >= 0.6 is 19.0 Å². The Balaban J connectivity index is 0.000000771. The Morgan fingerprint density at radius 3 is 1.39 bits per heavy atom. The first-order valence-corrected chi connectivity index (χ1v) is 7.85. The normalized spacial score (nSPS) is 9.33. The Labute approximate surface area is 114 Å². The van der Waals surface area contributed by atoms with Crippen molar-refractivity contribution in [1.29, 1.82) is 0 Å². The maximum Gasteiger partial charge on any atom is 0.401 e. The third kappa shape index (κ3) is 5.39. The number of rotatable bonds is 4. The van der Waals surface area contributed by atoms with Crippen molar-refractivity contribution < 1.29 is 9.05 Å². The predicted molar refractivity (Wildman–Crippen MR) is 78.3 cm³/mol. The molecular weight excluding hydrogens is 267 g/mol. The molecule has 0 saturated carbocycles. The van der Waals surface area contributed by atoms with Gasteiger partial charge in [0.15, 0.2) is 0 Å². The molecule has 2 rings (SSSR count). The lowest BCUT2D eigenvalue weighted by molar-refractivity contribution is 0.508. The van der Waals surface area contributed by atoms with E-state index in [0.29, 0.717) is 11.5 Å². The highest BCUT2D eigenvalue weighted by Crippen LogP contribution is 2.44. The van der Waals surface area contributed by atoms with Crippen LogP contribution in [-0.2, 0) is 0 Å². The van der Waals surface area contributed by atoms with Gasteiger partial charge in [-0.15, -0.1) is 0 Å². The fourth-order valence-electron chi connectivity index (χ4n) is 1.15. The summed E-state index contributed by atoms with van der Waals surface area (Å²) in [5, 5.41) is 0. The van der Waals surface area contributed by atoms with E-state index < -0.39 is 7.73 Å². The number of benzene rings is 2. The maximum absolute atomic E-state index is 5.97. The van der Waals surface area contributed by atoms with Crippen molar-refractivity contribution in [1.82, 2.24) is 0 Å². The average molecular weight is 283 g/mol. The predicted octanol–water partition coefficient (Wildman–Crippen LogP) is 5.64. The van der Waals surface area contributed by atoms with Crippen molar-refractivity contribution in [3.8, 4) is 11.5 Å². The molecule has 0 aliphatic rings. The molecular formula is C14H16ClO2P. The van der Waals surface area contributed by atoms with Gasteiger partial charge in [0.05, 0.1) is 0 Å². The van der Waals surface area contributed by atoms with E-state index in [0.717, 1.165) is 0 Å². The first-order chi connectivity index (χ1) is 8.84. The standard InChI is InChI=1S/C12H10ClO2P.C2H6/c13-16(14-11-7-3-1-4-8-11)15-12-9-5-2-6-10-12;1-2/h1-10H;1-2H3. The van der Waals surface area contributed by atoms with Gasteiger partial charge < -0.3 is 9.05 Å². The van der Waals surface area contributed by atoms with Gasteiger partial charge >= 0.3 is 7.73 Å². The van der Waals surface area contributed by atoms with Crippen LogP contribution in [-0.4, -0.2) is 0 Å². The molecule has 0 atom stereocenters. The minimum atomic E-state index is -1.46. The van der Waals surface area contributed by atoms with E-state index in [9.17, 15) is 0 Å². The maximum atomic E-state index is 5.97. The molecule has 2 aromatic carbocycles. The van der Waals surface area contributed by atoms with Crippen LogP contribution in [0.15, 0.2) is 60.7 Å². The van der Waals surface area contributed by atoms with Crippen LogP contribution in [0.25, 0.3) is 0 Å². The summed E-state index contributed by atoms with van der Waals surface area (Å²) in [6.45, 7) is 4.00. The summed E-state index contributed by atoms with van der Waals surface area (Å²) in [6, 6.07) is 18.7. The van der Waals surface area contributed by atoms with E-state index in [1.165, 1.54) is 0 Å². The molecule has 18 heavy (non-hydrogen) atoms. The number of hydrogen-bond donors (Lipinski definition) is 0. The zero-order chi connectivity index (χ0) is 13.2. The van der Waals surface area contributed by atoms with Gasteiger partial charge in [0.1, 0.15) is 11.5 Å². The first kappa shape index (κ1) is 14.8. The van der Waals surface area contributed by atoms with Crippen LogP contribution in [0.2, 0.25) is 0 Å². The van der Waals surface area contributed by atoms with Gasteiger partial charge in [-0.1, -0.05) is 50.2 Å². The van der Waals surface area contributed by atoms with Crippen molar-refractivity contribution >= 4 is 19.0 Å². The summed E-state index contributed by atoms with van der Waals surface area (Å²) >= 11 is 5.97. The van der Waals surface area contributed by atoms with E-state index in [1.54, 1.807) is 0 Å². The lowest BCUT2D eigenvalue weighted by Crippen LogP contribution is -1.89. The summed E-state index contributed by atoms with van der Waals surface area (Å²) in [6.07, 6.45) is 0. The highest BCUT2D eigenvalue weighted by Gasteiger charge is 2.10. The van der Waals surface area contributed by atoms with Crippen LogP contribution in [0.3, 0.4) is 0 Å². The molecule has 4 heteroatoms. The first-order valence-electron chi connectivity index (χ1n) is 5.76. The molecule has 2 aromatic rings. The quantitative estimate of drug-likeness (QED) is 0.676. The molecule has 0 heterocycles. The van der Waals surface area contributed by atoms with E-state index in [2.05, 4.69) is 0 Å². The van der Waals surface area contributed by atoms with Crippen LogP contribution in [0.1, 0.15) is 13.8 Å². The van der Waals surface area contributed by atoms with Gasteiger partial charge in [-0.05, 0) is 35.5 Å². The molecule has 0 aliphatic heterocycles. The lowest BCUT2D eigenvalue weighted by Gasteiger charge is -2.11. The van der Waals surface area contributed by atoms with Crippen molar-refractivity contribution in [3.63, 3.8) is 0 Å². The van der Waals surface area contributed by atoms with E-state index in [4.69, 9.17) is 20.3 Å². The van der Waals surface area contributed by atoms with Crippen molar-refractivity contribution in [2.24, 2.45) is 0 Å². The molecule has 0 N–H and O–H groups in total. The smallest absolute Gasteiger partial charge is 0.401 e. The minimum Gasteiger partial charge on any atom is -0.427 e. The monoisotopic (exact) mass is 282 g/mol. The Bertz CT molecular complexity index is 381. The number of hydrogen-bond acceptors (Lipinski definition) is 2. The van der Waals surface area contributed by atoms with Crippen LogP contribution in [0.4, 0.5) is 0 Å². The van der Waals surface area contributed by atoms with Crippen molar-refractivity contribution in [3.05, 3.63) is 60.7 Å². The molecule has 0 radical (unpaired) electrons. The van der Waals surface area contributed by atoms with Crippen LogP contribution < -0.4 is 9.05 Å². The largest absolute Gasteiger partial charge is 0.427 e. The third-order valence-electron chi connectivity index (χ3n) is 1.84. The molecule has 0 aliphatic carbocycles. The summed E-state index contributed by atoms with van der Waals surface area (Å²) < 4.78 is 10.9. The van der Waals surface area contributed by atoms with Crippen molar-refractivity contribution in [2.45, 2.75) is 13.8 Å². The molecule has 0 bridgehead atoms. The Hall–Kier alpha value is -1.24. The zero-order valence-corrected chi connectivity index (χ0v) is 12.1. The molecule has 0 fully saturated rings. The Morgan fingerprint density at radius 1 is 0.722 bits per heavy atom. The SMILES string of the molecule is CC.ClP(Oc1ccccc1)Oc1ccccc1. The second-order valence-electron chi connectivity index (χ2n) is 3.02. The molecule has 0 spiro atoms. The fraction of sp³-hybridized carbons (Fsp3) is 0.143. The van der Waals surface area contributed by atoms with Crippen LogP contribution in [0, 0.1) is 0 Å².